The first kappa shape index (κ1) is 14.7. The molecule has 2 rings (SSSR count). The van der Waals surface area contributed by atoms with Crippen LogP contribution in [0.4, 0.5) is 5.69 Å². The second kappa shape index (κ2) is 7.88. The van der Waals surface area contributed by atoms with E-state index in [4.69, 9.17) is 4.79 Å². The van der Waals surface area contributed by atoms with E-state index in [-0.39, 0.29) is 0 Å². The molecule has 100 valence electrons. The molecule has 3 heteroatoms. The second-order valence-electron chi connectivity index (χ2n) is 4.45. The van der Waals surface area contributed by atoms with Gasteiger partial charge >= 0.3 is 0 Å². The van der Waals surface area contributed by atoms with Crippen molar-refractivity contribution in [1.29, 1.82) is 0 Å². The van der Waals surface area contributed by atoms with Crippen LogP contribution in [0.1, 0.15) is 25.0 Å². The van der Waals surface area contributed by atoms with Gasteiger partial charge in [-0.05, 0) is 37.5 Å². The topological polar surface area (TPSA) is 32.3 Å². The van der Waals surface area contributed by atoms with E-state index < -0.39 is 0 Å². The molecule has 0 spiro atoms. The monoisotopic (exact) mass is 248 g/mol. The molecule has 0 aromatic heterocycles. The average Bonchev–Trinajstić information content (AvgIpc) is 2.40. The fourth-order valence-corrected chi connectivity index (χ4v) is 2.20. The zero-order chi connectivity index (χ0) is 13.4. The molecule has 1 N–H and O–H groups in total. The highest BCUT2D eigenvalue weighted by atomic mass is 16.1. The van der Waals surface area contributed by atoms with E-state index in [9.17, 15) is 0 Å². The van der Waals surface area contributed by atoms with Gasteiger partial charge in [0.1, 0.15) is 6.29 Å². The fraction of sp³-hybridized carbons (Fsp3) is 0.533. The largest absolute Gasteiger partial charge is 0.369 e. The minimum Gasteiger partial charge on any atom is -0.369 e. The summed E-state index contributed by atoms with van der Waals surface area (Å²) in [5.74, 6) is 0. The van der Waals surface area contributed by atoms with Gasteiger partial charge in [0.05, 0.1) is 0 Å². The van der Waals surface area contributed by atoms with Gasteiger partial charge in [0.2, 0.25) is 0 Å². The Morgan fingerprint density at radius 2 is 1.94 bits per heavy atom. The quantitative estimate of drug-likeness (QED) is 0.814. The molecule has 0 radical (unpaired) electrons. The highest BCUT2D eigenvalue weighted by Gasteiger charge is 2.12. The minimum absolute atomic E-state index is 0.750. The van der Waals surface area contributed by atoms with Crippen molar-refractivity contribution in [3.8, 4) is 0 Å². The smallest absolute Gasteiger partial charge is 0.116 e. The molecule has 1 aromatic carbocycles. The van der Waals surface area contributed by atoms with Crippen LogP contribution in [0.25, 0.3) is 0 Å². The van der Waals surface area contributed by atoms with Crippen molar-refractivity contribution in [2.45, 2.75) is 27.2 Å². The number of nitrogens with one attached hydrogen (secondary N) is 1. The van der Waals surface area contributed by atoms with E-state index in [1.165, 1.54) is 23.7 Å². The number of benzene rings is 1. The van der Waals surface area contributed by atoms with E-state index in [0.717, 1.165) is 38.9 Å². The lowest BCUT2D eigenvalue weighted by Gasteiger charge is -2.30. The predicted octanol–water partition coefficient (Wildman–Crippen LogP) is 2.17. The lowest BCUT2D eigenvalue weighted by atomic mass is 10.1. The van der Waals surface area contributed by atoms with Gasteiger partial charge in [-0.15, -0.1) is 0 Å². The summed E-state index contributed by atoms with van der Waals surface area (Å²) in [4.78, 5) is 11.3. The van der Waals surface area contributed by atoms with Crippen molar-refractivity contribution >= 4 is 12.0 Å². The third-order valence-electron chi connectivity index (χ3n) is 3.13. The van der Waals surface area contributed by atoms with Gasteiger partial charge in [-0.1, -0.05) is 19.1 Å². The zero-order valence-corrected chi connectivity index (χ0v) is 11.7. The highest BCUT2D eigenvalue weighted by Crippen LogP contribution is 2.21. The Balaban J connectivity index is 0.000000492. The Morgan fingerprint density at radius 1 is 1.33 bits per heavy atom. The molecule has 3 nitrogen and oxygen atoms in total. The van der Waals surface area contributed by atoms with Crippen LogP contribution in [0.3, 0.4) is 0 Å². The first-order chi connectivity index (χ1) is 8.72. The van der Waals surface area contributed by atoms with Crippen molar-refractivity contribution in [2.24, 2.45) is 0 Å². The maximum Gasteiger partial charge on any atom is 0.116 e. The number of hydrogen-bond donors (Lipinski definition) is 1. The number of aldehydes is 1. The third-order valence-corrected chi connectivity index (χ3v) is 3.13. The van der Waals surface area contributed by atoms with Gasteiger partial charge in [-0.2, -0.15) is 0 Å². The number of carbonyl (C=O) groups excluding carboxylic acids is 1. The Kier molecular flexibility index (Phi) is 6.44. The van der Waals surface area contributed by atoms with Crippen LogP contribution in [-0.2, 0) is 11.2 Å². The van der Waals surface area contributed by atoms with Gasteiger partial charge in [0.15, 0.2) is 0 Å². The molecule has 1 aliphatic heterocycles. The van der Waals surface area contributed by atoms with Gasteiger partial charge in [0.25, 0.3) is 0 Å². The Hall–Kier alpha value is -1.35. The number of hydrogen-bond acceptors (Lipinski definition) is 3. The lowest BCUT2D eigenvalue weighted by molar-refractivity contribution is -0.106. The number of carbonyl (C=O) groups is 1. The van der Waals surface area contributed by atoms with E-state index >= 15 is 0 Å². The minimum atomic E-state index is 0.750. The van der Waals surface area contributed by atoms with Crippen LogP contribution in [0.15, 0.2) is 18.2 Å². The third kappa shape index (κ3) is 4.15. The SMILES string of the molecule is CC=O.CCc1ccc(N2CCNCC2)c(C)c1. The van der Waals surface area contributed by atoms with Crippen LogP contribution in [0.2, 0.25) is 0 Å². The molecule has 0 saturated carbocycles. The van der Waals surface area contributed by atoms with E-state index in [0.29, 0.717) is 0 Å². The van der Waals surface area contributed by atoms with Crippen molar-refractivity contribution in [2.75, 3.05) is 31.1 Å². The Bertz CT molecular complexity index is 371. The summed E-state index contributed by atoms with van der Waals surface area (Å²) < 4.78 is 0. The summed E-state index contributed by atoms with van der Waals surface area (Å²) in [5.41, 5.74) is 4.26. The van der Waals surface area contributed by atoms with Crippen LogP contribution in [0.5, 0.6) is 0 Å². The van der Waals surface area contributed by atoms with Crippen LogP contribution < -0.4 is 10.2 Å². The van der Waals surface area contributed by atoms with E-state index in [1.807, 2.05) is 0 Å². The molecule has 1 heterocycles. The fourth-order valence-electron chi connectivity index (χ4n) is 2.20. The molecule has 0 unspecified atom stereocenters. The van der Waals surface area contributed by atoms with Crippen molar-refractivity contribution in [3.63, 3.8) is 0 Å². The Morgan fingerprint density at radius 3 is 2.44 bits per heavy atom. The van der Waals surface area contributed by atoms with E-state index in [1.54, 1.807) is 0 Å². The maximum absolute atomic E-state index is 8.81. The molecule has 0 bridgehead atoms. The molecule has 0 amide bonds. The first-order valence-electron chi connectivity index (χ1n) is 6.67. The summed E-state index contributed by atoms with van der Waals surface area (Å²) in [6, 6.07) is 6.85. The van der Waals surface area contributed by atoms with Gasteiger partial charge in [-0.25, -0.2) is 0 Å². The average molecular weight is 248 g/mol. The van der Waals surface area contributed by atoms with Crippen LogP contribution >= 0.6 is 0 Å². The zero-order valence-electron chi connectivity index (χ0n) is 11.7. The number of aryl methyl sites for hydroxylation is 2. The number of anilines is 1. The molecule has 1 fully saturated rings. The number of rotatable bonds is 2. The summed E-state index contributed by atoms with van der Waals surface area (Å²) in [7, 11) is 0. The molecular formula is C15H24N2O. The standard InChI is InChI=1S/C13H20N2.C2H4O/c1-3-12-4-5-13(11(2)10-12)15-8-6-14-7-9-15;1-2-3/h4-5,10,14H,3,6-9H2,1-2H3;2H,1H3. The highest BCUT2D eigenvalue weighted by molar-refractivity contribution is 5.54. The summed E-state index contributed by atoms with van der Waals surface area (Å²) in [6.45, 7) is 10.3. The van der Waals surface area contributed by atoms with Gasteiger partial charge < -0.3 is 15.0 Å². The first-order valence-corrected chi connectivity index (χ1v) is 6.67. The molecule has 1 aromatic rings. The normalized spacial score (nSPS) is 14.7. The Labute approximate surface area is 110 Å². The van der Waals surface area contributed by atoms with Crippen molar-refractivity contribution in [1.82, 2.24) is 5.32 Å². The van der Waals surface area contributed by atoms with Gasteiger partial charge in [0, 0.05) is 31.9 Å². The molecular weight excluding hydrogens is 224 g/mol. The van der Waals surface area contributed by atoms with Crippen LogP contribution in [0, 0.1) is 6.92 Å². The molecule has 0 aliphatic carbocycles. The van der Waals surface area contributed by atoms with Crippen molar-refractivity contribution in [3.05, 3.63) is 29.3 Å². The van der Waals surface area contributed by atoms with E-state index in [2.05, 4.69) is 42.3 Å². The molecule has 1 aliphatic rings. The van der Waals surface area contributed by atoms with Crippen molar-refractivity contribution < 1.29 is 4.79 Å². The summed E-state index contributed by atoms with van der Waals surface area (Å²) in [6.07, 6.45) is 1.88. The number of nitrogens with zero attached hydrogens (tertiary/aromatic N) is 1. The predicted molar refractivity (Wildman–Crippen MR) is 77.4 cm³/mol. The number of piperazine rings is 1. The molecule has 1 saturated heterocycles. The molecule has 18 heavy (non-hydrogen) atoms. The summed E-state index contributed by atoms with van der Waals surface area (Å²) in [5, 5.41) is 3.38. The van der Waals surface area contributed by atoms with Crippen LogP contribution in [-0.4, -0.2) is 32.5 Å². The lowest BCUT2D eigenvalue weighted by Crippen LogP contribution is -2.43. The maximum atomic E-state index is 8.81. The summed E-state index contributed by atoms with van der Waals surface area (Å²) >= 11 is 0. The molecule has 0 atom stereocenters. The van der Waals surface area contributed by atoms with Gasteiger partial charge in [-0.3, -0.25) is 0 Å². The second-order valence-corrected chi connectivity index (χ2v) is 4.45.